The molecule has 0 saturated carbocycles. The first-order chi connectivity index (χ1) is 21.0. The largest absolute Gasteiger partial charge is 0.461 e. The SMILES string of the molecule is C=CC(=O)Oc1ccc(C2(c3ccc(OC(O)C=C)c(CCCC)c3)c3ccccc3C3C=CCCC32)cc1CCCC. The Hall–Kier alpha value is -3.89. The second-order valence-corrected chi connectivity index (χ2v) is 11.8. The van der Waals surface area contributed by atoms with Gasteiger partial charge >= 0.3 is 5.97 Å². The lowest BCUT2D eigenvalue weighted by Crippen LogP contribution is -2.36. The van der Waals surface area contributed by atoms with E-state index in [-0.39, 0.29) is 0 Å². The quantitative estimate of drug-likeness (QED) is 0.0727. The highest BCUT2D eigenvalue weighted by Gasteiger charge is 2.53. The zero-order valence-electron chi connectivity index (χ0n) is 25.6. The number of aliphatic hydroxyl groups is 1. The minimum atomic E-state index is -1.06. The lowest BCUT2D eigenvalue weighted by atomic mass is 9.61. The summed E-state index contributed by atoms with van der Waals surface area (Å²) in [4.78, 5) is 12.3. The summed E-state index contributed by atoms with van der Waals surface area (Å²) in [5.74, 6) is 1.48. The molecule has 4 nitrogen and oxygen atoms in total. The van der Waals surface area contributed by atoms with Crippen molar-refractivity contribution in [3.63, 3.8) is 0 Å². The van der Waals surface area contributed by atoms with Crippen molar-refractivity contribution in [3.8, 4) is 11.5 Å². The Kier molecular flexibility index (Phi) is 9.67. The Morgan fingerprint density at radius 3 is 2.28 bits per heavy atom. The van der Waals surface area contributed by atoms with Gasteiger partial charge in [0.25, 0.3) is 0 Å². The van der Waals surface area contributed by atoms with Crippen molar-refractivity contribution in [2.24, 2.45) is 5.92 Å². The highest BCUT2D eigenvalue weighted by Crippen LogP contribution is 2.61. The van der Waals surface area contributed by atoms with Crippen LogP contribution in [0.4, 0.5) is 0 Å². The van der Waals surface area contributed by atoms with Crippen molar-refractivity contribution in [3.05, 3.63) is 132 Å². The molecule has 2 aliphatic rings. The molecule has 0 amide bonds. The van der Waals surface area contributed by atoms with E-state index in [0.29, 0.717) is 23.3 Å². The number of hydrogen-bond donors (Lipinski definition) is 1. The molecule has 0 radical (unpaired) electrons. The minimum Gasteiger partial charge on any atom is -0.461 e. The Morgan fingerprint density at radius 1 is 0.977 bits per heavy atom. The number of benzene rings is 3. The number of ether oxygens (including phenoxy) is 2. The van der Waals surface area contributed by atoms with Crippen molar-refractivity contribution < 1.29 is 19.4 Å². The molecule has 0 saturated heterocycles. The van der Waals surface area contributed by atoms with Gasteiger partial charge in [-0.2, -0.15) is 0 Å². The number of fused-ring (bicyclic) bond motifs is 3. The van der Waals surface area contributed by atoms with Gasteiger partial charge in [0.15, 0.2) is 0 Å². The monoisotopic (exact) mass is 576 g/mol. The molecule has 1 N–H and O–H groups in total. The highest BCUT2D eigenvalue weighted by molar-refractivity contribution is 5.83. The standard InChI is InChI=1S/C39H44O4/c1-5-9-15-27-25-29(21-23-35(27)42-37(40)7-3)39(33-19-13-11-17-31(33)32-18-12-14-20-34(32)39)30-22-24-36(43-38(41)8-4)28(26-30)16-10-6-2/h7-8,11-13,17-19,21-26,32,34,37,40H,3-6,9-10,14-16,20H2,1-2H3. The predicted molar refractivity (Wildman–Crippen MR) is 174 cm³/mol. The van der Waals surface area contributed by atoms with Crippen LogP contribution in [0.2, 0.25) is 0 Å². The number of carbonyl (C=O) groups excluding carboxylic acids is 1. The molecule has 43 heavy (non-hydrogen) atoms. The molecule has 0 spiro atoms. The maximum Gasteiger partial charge on any atom is 0.335 e. The van der Waals surface area contributed by atoms with Crippen molar-refractivity contribution in [2.75, 3.05) is 0 Å². The van der Waals surface area contributed by atoms with Gasteiger partial charge in [-0.3, -0.25) is 0 Å². The molecule has 0 aliphatic heterocycles. The molecule has 4 unspecified atom stereocenters. The average molecular weight is 577 g/mol. The lowest BCUT2D eigenvalue weighted by Gasteiger charge is -2.41. The molecule has 3 aromatic carbocycles. The number of aliphatic hydroxyl groups excluding tert-OH is 1. The van der Waals surface area contributed by atoms with Crippen LogP contribution in [0.1, 0.15) is 91.7 Å². The number of rotatable bonds is 13. The summed E-state index contributed by atoms with van der Waals surface area (Å²) in [5.41, 5.74) is 6.87. The number of allylic oxidation sites excluding steroid dienone is 2. The summed E-state index contributed by atoms with van der Waals surface area (Å²) in [6.45, 7) is 11.7. The van der Waals surface area contributed by atoms with E-state index in [0.717, 1.165) is 62.5 Å². The summed E-state index contributed by atoms with van der Waals surface area (Å²) in [6.07, 6.45) is 14.2. The third-order valence-corrected chi connectivity index (χ3v) is 9.18. The van der Waals surface area contributed by atoms with Crippen molar-refractivity contribution in [1.29, 1.82) is 0 Å². The van der Waals surface area contributed by atoms with E-state index >= 15 is 0 Å². The lowest BCUT2D eigenvalue weighted by molar-refractivity contribution is -0.129. The van der Waals surface area contributed by atoms with E-state index in [9.17, 15) is 9.90 Å². The zero-order chi connectivity index (χ0) is 30.4. The van der Waals surface area contributed by atoms with Gasteiger partial charge in [0.1, 0.15) is 11.5 Å². The van der Waals surface area contributed by atoms with Crippen LogP contribution in [0.3, 0.4) is 0 Å². The van der Waals surface area contributed by atoms with Crippen molar-refractivity contribution >= 4 is 5.97 Å². The van der Waals surface area contributed by atoms with Crippen LogP contribution in [0, 0.1) is 5.92 Å². The molecule has 0 fully saturated rings. The van der Waals surface area contributed by atoms with E-state index < -0.39 is 17.7 Å². The normalized spacial score (nSPS) is 21.0. The molecular formula is C39H44O4. The predicted octanol–water partition coefficient (Wildman–Crippen LogP) is 8.74. The third kappa shape index (κ3) is 5.86. The average Bonchev–Trinajstić information content (AvgIpc) is 3.34. The number of carbonyl (C=O) groups is 1. The summed E-state index contributed by atoms with van der Waals surface area (Å²) < 4.78 is 11.7. The maximum absolute atomic E-state index is 12.3. The van der Waals surface area contributed by atoms with Gasteiger partial charge in [-0.15, -0.1) is 0 Å². The van der Waals surface area contributed by atoms with E-state index in [1.54, 1.807) is 0 Å². The molecular weight excluding hydrogens is 532 g/mol. The Morgan fingerprint density at radius 2 is 1.63 bits per heavy atom. The van der Waals surface area contributed by atoms with Gasteiger partial charge in [-0.25, -0.2) is 4.79 Å². The molecule has 3 aromatic rings. The van der Waals surface area contributed by atoms with E-state index in [4.69, 9.17) is 9.47 Å². The fraction of sp³-hybridized carbons (Fsp3) is 0.359. The van der Waals surface area contributed by atoms with Gasteiger partial charge in [0.2, 0.25) is 6.29 Å². The summed E-state index contributed by atoms with van der Waals surface area (Å²) in [7, 11) is 0. The van der Waals surface area contributed by atoms with Crippen LogP contribution in [-0.2, 0) is 23.1 Å². The van der Waals surface area contributed by atoms with Gasteiger partial charge < -0.3 is 14.6 Å². The third-order valence-electron chi connectivity index (χ3n) is 9.18. The first-order valence-electron chi connectivity index (χ1n) is 15.8. The molecule has 4 heteroatoms. The minimum absolute atomic E-state index is 0.305. The Balaban J connectivity index is 1.77. The summed E-state index contributed by atoms with van der Waals surface area (Å²) in [5, 5.41) is 10.3. The Bertz CT molecular complexity index is 1500. The van der Waals surface area contributed by atoms with Crippen molar-refractivity contribution in [2.45, 2.75) is 82.8 Å². The molecule has 0 bridgehead atoms. The fourth-order valence-corrected chi connectivity index (χ4v) is 7.21. The zero-order valence-corrected chi connectivity index (χ0v) is 25.6. The van der Waals surface area contributed by atoms with Crippen LogP contribution in [0.25, 0.3) is 0 Å². The number of esters is 1. The van der Waals surface area contributed by atoms with Crippen LogP contribution in [0.15, 0.2) is 98.1 Å². The van der Waals surface area contributed by atoms with Gasteiger partial charge in [0.05, 0.1) is 0 Å². The Labute approximate surface area is 256 Å². The molecule has 224 valence electrons. The van der Waals surface area contributed by atoms with Crippen molar-refractivity contribution in [1.82, 2.24) is 0 Å². The van der Waals surface area contributed by atoms with Crippen LogP contribution in [-0.4, -0.2) is 17.4 Å². The van der Waals surface area contributed by atoms with E-state index in [2.05, 4.69) is 87.7 Å². The smallest absolute Gasteiger partial charge is 0.335 e. The second-order valence-electron chi connectivity index (χ2n) is 11.8. The summed E-state index contributed by atoms with van der Waals surface area (Å²) in [6, 6.07) is 21.9. The molecule has 4 atom stereocenters. The maximum atomic E-state index is 12.3. The number of aryl methyl sites for hydroxylation is 2. The molecule has 0 heterocycles. The second kappa shape index (κ2) is 13.6. The first-order valence-corrected chi connectivity index (χ1v) is 15.8. The molecule has 2 aliphatic carbocycles. The number of unbranched alkanes of at least 4 members (excludes halogenated alkanes) is 2. The van der Waals surface area contributed by atoms with Crippen LogP contribution in [0.5, 0.6) is 11.5 Å². The van der Waals surface area contributed by atoms with E-state index in [1.165, 1.54) is 34.4 Å². The fourth-order valence-electron chi connectivity index (χ4n) is 7.21. The van der Waals surface area contributed by atoms with E-state index in [1.807, 2.05) is 12.1 Å². The van der Waals surface area contributed by atoms with Gasteiger partial charge in [-0.1, -0.05) is 101 Å². The summed E-state index contributed by atoms with van der Waals surface area (Å²) >= 11 is 0. The first kappa shape index (κ1) is 30.6. The topological polar surface area (TPSA) is 55.8 Å². The van der Waals surface area contributed by atoms with Crippen LogP contribution >= 0.6 is 0 Å². The highest BCUT2D eigenvalue weighted by atomic mass is 16.6. The van der Waals surface area contributed by atoms with Gasteiger partial charge in [-0.05, 0) is 96.0 Å². The molecule has 5 rings (SSSR count). The van der Waals surface area contributed by atoms with Crippen LogP contribution < -0.4 is 9.47 Å². The number of hydrogen-bond acceptors (Lipinski definition) is 4. The van der Waals surface area contributed by atoms with Gasteiger partial charge in [0, 0.05) is 17.4 Å². The molecule has 0 aromatic heterocycles.